The molecule has 0 fully saturated rings. The number of ether oxygens (including phenoxy) is 1. The van der Waals surface area contributed by atoms with Gasteiger partial charge in [0.2, 0.25) is 11.8 Å². The molecule has 4 aromatic carbocycles. The molecule has 0 aliphatic carbocycles. The van der Waals surface area contributed by atoms with Crippen molar-refractivity contribution in [1.29, 1.82) is 0 Å². The number of para-hydroxylation sites is 2. The maximum Gasteiger partial charge on any atom is 0.330 e. The number of aromatic nitrogens is 3. The highest BCUT2D eigenvalue weighted by Crippen LogP contribution is 2.33. The van der Waals surface area contributed by atoms with Crippen LogP contribution in [0.1, 0.15) is 13.3 Å². The molecule has 0 aliphatic heterocycles. The highest BCUT2D eigenvalue weighted by Gasteiger charge is 2.14. The predicted octanol–water partition coefficient (Wildman–Crippen LogP) is 7.30. The quantitative estimate of drug-likeness (QED) is 0.169. The van der Waals surface area contributed by atoms with Crippen molar-refractivity contribution < 1.29 is 19.1 Å². The van der Waals surface area contributed by atoms with Crippen LogP contribution >= 0.6 is 0 Å². The first kappa shape index (κ1) is 24.2. The molecule has 1 N–H and O–H groups in total. The number of carbonyl (C=O) groups is 1. The van der Waals surface area contributed by atoms with E-state index in [1.54, 1.807) is 13.0 Å². The smallest absolute Gasteiger partial charge is 0.330 e. The molecular formula is C32H25N3O4. The minimum atomic E-state index is -0.925. The molecule has 7 nitrogen and oxygen atoms in total. The van der Waals surface area contributed by atoms with E-state index >= 15 is 0 Å². The second-order valence-electron chi connectivity index (χ2n) is 9.19. The van der Waals surface area contributed by atoms with Crippen molar-refractivity contribution in [2.45, 2.75) is 13.3 Å². The van der Waals surface area contributed by atoms with Gasteiger partial charge in [-0.2, -0.15) is 0 Å². The van der Waals surface area contributed by atoms with Crippen LogP contribution in [-0.2, 0) is 4.79 Å². The Hall–Kier alpha value is -5.17. The molecular weight excluding hydrogens is 490 g/mol. The number of hydrogen-bond acceptors (Lipinski definition) is 5. The Morgan fingerprint density at radius 2 is 1.49 bits per heavy atom. The first-order valence-corrected chi connectivity index (χ1v) is 12.6. The summed E-state index contributed by atoms with van der Waals surface area (Å²) in [5.41, 5.74) is 5.22. The van der Waals surface area contributed by atoms with Gasteiger partial charge in [0, 0.05) is 39.6 Å². The van der Waals surface area contributed by atoms with Crippen molar-refractivity contribution in [2.24, 2.45) is 0 Å². The second-order valence-corrected chi connectivity index (χ2v) is 9.19. The van der Waals surface area contributed by atoms with Crippen LogP contribution in [0.15, 0.2) is 113 Å². The van der Waals surface area contributed by atoms with Crippen molar-refractivity contribution in [3.63, 3.8) is 0 Å². The summed E-state index contributed by atoms with van der Waals surface area (Å²) in [5.74, 6) is 0.539. The Morgan fingerprint density at radius 3 is 2.15 bits per heavy atom. The fourth-order valence-electron chi connectivity index (χ4n) is 4.67. The number of carboxylic acids is 1. The predicted molar refractivity (Wildman–Crippen MR) is 151 cm³/mol. The molecule has 2 heterocycles. The number of carboxylic acid groups (broad SMARTS) is 1. The fourth-order valence-corrected chi connectivity index (χ4v) is 4.67. The largest absolute Gasteiger partial charge is 0.493 e. The Bertz CT molecular complexity index is 1780. The second kappa shape index (κ2) is 10.3. The lowest BCUT2D eigenvalue weighted by Crippen LogP contribution is -1.99. The first-order valence-electron chi connectivity index (χ1n) is 12.6. The first-order chi connectivity index (χ1) is 19.1. The zero-order valence-electron chi connectivity index (χ0n) is 21.2. The van der Waals surface area contributed by atoms with Gasteiger partial charge in [-0.15, -0.1) is 10.2 Å². The van der Waals surface area contributed by atoms with Crippen LogP contribution in [0.4, 0.5) is 0 Å². The van der Waals surface area contributed by atoms with E-state index in [1.165, 1.54) is 10.8 Å². The third-order valence-electron chi connectivity index (χ3n) is 6.63. The molecule has 0 bridgehead atoms. The summed E-state index contributed by atoms with van der Waals surface area (Å²) in [6.07, 6.45) is 2.14. The fraction of sp³-hybridized carbons (Fsp3) is 0.0938. The third-order valence-corrected chi connectivity index (χ3v) is 6.63. The van der Waals surface area contributed by atoms with Crippen molar-refractivity contribution >= 4 is 27.8 Å². The molecule has 0 aliphatic rings. The molecule has 0 amide bonds. The normalized spacial score (nSPS) is 11.8. The Balaban J connectivity index is 1.22. The van der Waals surface area contributed by atoms with Gasteiger partial charge in [0.05, 0.1) is 17.6 Å². The van der Waals surface area contributed by atoms with Gasteiger partial charge in [-0.25, -0.2) is 4.79 Å². The summed E-state index contributed by atoms with van der Waals surface area (Å²) in [5, 5.41) is 19.9. The molecule has 39 heavy (non-hydrogen) atoms. The van der Waals surface area contributed by atoms with Gasteiger partial charge in [-0.05, 0) is 61.5 Å². The summed E-state index contributed by atoms with van der Waals surface area (Å²) in [4.78, 5) is 10.9. The van der Waals surface area contributed by atoms with Crippen LogP contribution in [0.5, 0.6) is 5.75 Å². The van der Waals surface area contributed by atoms with Crippen molar-refractivity contribution in [3.8, 4) is 34.3 Å². The minimum Gasteiger partial charge on any atom is -0.493 e. The molecule has 0 spiro atoms. The highest BCUT2D eigenvalue weighted by atomic mass is 16.5. The van der Waals surface area contributed by atoms with Crippen LogP contribution in [-0.4, -0.2) is 32.4 Å². The summed E-state index contributed by atoms with van der Waals surface area (Å²) < 4.78 is 14.0. The van der Waals surface area contributed by atoms with Crippen molar-refractivity contribution in [2.75, 3.05) is 6.61 Å². The van der Waals surface area contributed by atoms with Gasteiger partial charge in [0.1, 0.15) is 5.75 Å². The maximum atomic E-state index is 10.9. The standard InChI is InChI=1S/C32H25N3O4/c1-21(32(36)37)8-7-19-38-25-10-6-9-23(20-25)31-34-33-30(39-31)22-15-17-24(18-16-22)35-28-13-4-2-11-26(28)27-12-3-5-14-29(27)35/h2-6,8-18,20H,7,19H2,1H3,(H,36,37). The third kappa shape index (κ3) is 4.78. The molecule has 2 aromatic heterocycles. The number of fused-ring (bicyclic) bond motifs is 3. The molecule has 0 radical (unpaired) electrons. The van der Waals surface area contributed by atoms with E-state index < -0.39 is 5.97 Å². The lowest BCUT2D eigenvalue weighted by molar-refractivity contribution is -0.132. The summed E-state index contributed by atoms with van der Waals surface area (Å²) in [6.45, 7) is 1.93. The summed E-state index contributed by atoms with van der Waals surface area (Å²) in [6, 6.07) is 32.3. The Labute approximate surface area is 224 Å². The topological polar surface area (TPSA) is 90.4 Å². The summed E-state index contributed by atoms with van der Waals surface area (Å²) in [7, 11) is 0. The number of benzene rings is 4. The van der Waals surface area contributed by atoms with E-state index in [1.807, 2.05) is 36.4 Å². The Kier molecular flexibility index (Phi) is 6.39. The minimum absolute atomic E-state index is 0.300. The number of aliphatic carboxylic acids is 1. The maximum absolute atomic E-state index is 10.9. The van der Waals surface area contributed by atoms with Gasteiger partial charge in [0.25, 0.3) is 0 Å². The Morgan fingerprint density at radius 1 is 0.846 bits per heavy atom. The molecule has 0 unspecified atom stereocenters. The van der Waals surface area contributed by atoms with E-state index in [0.717, 1.165) is 27.8 Å². The molecule has 0 saturated carbocycles. The molecule has 192 valence electrons. The van der Waals surface area contributed by atoms with Crippen molar-refractivity contribution in [1.82, 2.24) is 14.8 Å². The lowest BCUT2D eigenvalue weighted by Gasteiger charge is -2.08. The van der Waals surface area contributed by atoms with Gasteiger partial charge in [0.15, 0.2) is 0 Å². The lowest BCUT2D eigenvalue weighted by atomic mass is 10.2. The molecule has 0 saturated heterocycles. The number of hydrogen-bond donors (Lipinski definition) is 1. The van der Waals surface area contributed by atoms with Crippen molar-refractivity contribution in [3.05, 3.63) is 109 Å². The van der Waals surface area contributed by atoms with Gasteiger partial charge in [-0.1, -0.05) is 48.5 Å². The zero-order valence-corrected chi connectivity index (χ0v) is 21.2. The average Bonchev–Trinajstić information content (AvgIpc) is 3.59. The van der Waals surface area contributed by atoms with E-state index in [4.69, 9.17) is 14.3 Å². The van der Waals surface area contributed by atoms with E-state index in [9.17, 15) is 4.79 Å². The van der Waals surface area contributed by atoms with Crippen LogP contribution in [0.2, 0.25) is 0 Å². The molecule has 7 heteroatoms. The number of nitrogens with zero attached hydrogens (tertiary/aromatic N) is 3. The van der Waals surface area contributed by atoms with E-state index in [2.05, 4.69) is 75.4 Å². The van der Waals surface area contributed by atoms with Crippen LogP contribution in [0.25, 0.3) is 50.4 Å². The molecule has 0 atom stereocenters. The summed E-state index contributed by atoms with van der Waals surface area (Å²) >= 11 is 0. The van der Waals surface area contributed by atoms with Gasteiger partial charge < -0.3 is 18.8 Å². The highest BCUT2D eigenvalue weighted by molar-refractivity contribution is 6.09. The van der Waals surface area contributed by atoms with Crippen LogP contribution < -0.4 is 4.74 Å². The average molecular weight is 516 g/mol. The van der Waals surface area contributed by atoms with E-state index in [-0.39, 0.29) is 0 Å². The van der Waals surface area contributed by atoms with Crippen LogP contribution in [0, 0.1) is 0 Å². The molecule has 6 rings (SSSR count). The zero-order chi connectivity index (χ0) is 26.8. The van der Waals surface area contributed by atoms with Gasteiger partial charge in [-0.3, -0.25) is 0 Å². The monoisotopic (exact) mass is 515 g/mol. The number of rotatable bonds is 8. The van der Waals surface area contributed by atoms with Crippen LogP contribution in [0.3, 0.4) is 0 Å². The molecule has 6 aromatic rings. The SMILES string of the molecule is CC(=CCCOc1cccc(-c2nnc(-c3ccc(-n4c5ccccc5c5ccccc54)cc3)o2)c1)C(=O)O. The van der Waals surface area contributed by atoms with Gasteiger partial charge >= 0.3 is 5.97 Å². The van der Waals surface area contributed by atoms with E-state index in [0.29, 0.717) is 36.1 Å².